The fourth-order valence-corrected chi connectivity index (χ4v) is 1.79. The van der Waals surface area contributed by atoms with Crippen LogP contribution in [-0.2, 0) is 4.43 Å². The van der Waals surface area contributed by atoms with E-state index in [1.807, 2.05) is 25.7 Å². The molecule has 0 bridgehead atoms. The van der Waals surface area contributed by atoms with Crippen molar-refractivity contribution in [1.29, 1.82) is 0 Å². The molecule has 0 aromatic carbocycles. The first-order chi connectivity index (χ1) is 5.99. The second-order valence-electron chi connectivity index (χ2n) is 4.19. The van der Waals surface area contributed by atoms with Crippen LogP contribution >= 0.6 is 0 Å². The smallest absolute Gasteiger partial charge is 0.396 e. The zero-order valence-corrected chi connectivity index (χ0v) is 9.54. The molecule has 0 aromatic heterocycles. The number of rotatable bonds is 1. The number of nitrogens with zero attached hydrogens (tertiary/aromatic N) is 1. The van der Waals surface area contributed by atoms with E-state index in [9.17, 15) is 4.79 Å². The van der Waals surface area contributed by atoms with Crippen molar-refractivity contribution in [1.82, 2.24) is 4.90 Å². The van der Waals surface area contributed by atoms with Gasteiger partial charge >= 0.3 is 6.09 Å². The molecule has 3 nitrogen and oxygen atoms in total. The summed E-state index contributed by atoms with van der Waals surface area (Å²) in [6, 6.07) is 0. The molecule has 74 valence electrons. The Kier molecular flexibility index (Phi) is 3.14. The van der Waals surface area contributed by atoms with E-state index in [0.29, 0.717) is 6.54 Å². The lowest BCUT2D eigenvalue weighted by Crippen LogP contribution is -2.40. The predicted octanol–water partition coefficient (Wildman–Crippen LogP) is 2.22. The van der Waals surface area contributed by atoms with Gasteiger partial charge in [-0.2, -0.15) is 0 Å². The average molecular weight is 199 g/mol. The molecule has 0 N–H and O–H groups in total. The summed E-state index contributed by atoms with van der Waals surface area (Å²) in [4.78, 5) is 13.3. The van der Waals surface area contributed by atoms with Gasteiger partial charge in [-0.15, -0.1) is 0 Å². The van der Waals surface area contributed by atoms with Crippen LogP contribution in [0.5, 0.6) is 0 Å². The maximum absolute atomic E-state index is 11.5. The van der Waals surface area contributed by atoms with Crippen LogP contribution in [0, 0.1) is 0 Å². The van der Waals surface area contributed by atoms with Crippen LogP contribution in [0.4, 0.5) is 4.79 Å². The summed E-state index contributed by atoms with van der Waals surface area (Å²) < 4.78 is 5.37. The van der Waals surface area contributed by atoms with Gasteiger partial charge in [-0.05, 0) is 26.1 Å². The van der Waals surface area contributed by atoms with Crippen molar-refractivity contribution in [3.8, 4) is 0 Å². The van der Waals surface area contributed by atoms with Crippen molar-refractivity contribution in [3.05, 3.63) is 12.2 Å². The first-order valence-electron chi connectivity index (χ1n) is 4.62. The van der Waals surface area contributed by atoms with Crippen LogP contribution in [0.2, 0.25) is 19.6 Å². The van der Waals surface area contributed by atoms with Crippen molar-refractivity contribution in [2.75, 3.05) is 13.1 Å². The zero-order chi connectivity index (χ0) is 9.90. The monoisotopic (exact) mass is 199 g/mol. The number of carbonyl (C=O) groups excluding carboxylic acids is 1. The van der Waals surface area contributed by atoms with Crippen LogP contribution in [0.25, 0.3) is 0 Å². The Bertz CT molecular complexity index is 220. The standard InChI is InChI=1S/C9H17NO2Si/c1-13(2,3)12-9(11)10-7-5-4-6-8-10/h4-5H,6-8H2,1-3H3. The van der Waals surface area contributed by atoms with E-state index in [0.717, 1.165) is 13.0 Å². The summed E-state index contributed by atoms with van der Waals surface area (Å²) in [6.07, 6.45) is 4.90. The largest absolute Gasteiger partial charge is 0.504 e. The fourth-order valence-electron chi connectivity index (χ4n) is 1.13. The van der Waals surface area contributed by atoms with E-state index in [1.165, 1.54) is 0 Å². The molecule has 1 heterocycles. The minimum Gasteiger partial charge on any atom is -0.504 e. The van der Waals surface area contributed by atoms with Crippen LogP contribution in [0.15, 0.2) is 12.2 Å². The van der Waals surface area contributed by atoms with Crippen LogP contribution in [0.3, 0.4) is 0 Å². The molecule has 1 aliphatic heterocycles. The molecular weight excluding hydrogens is 182 g/mol. The Morgan fingerprint density at radius 3 is 2.54 bits per heavy atom. The third-order valence-electron chi connectivity index (χ3n) is 1.71. The average Bonchev–Trinajstić information content (AvgIpc) is 2.03. The quantitative estimate of drug-likeness (QED) is 0.479. The van der Waals surface area contributed by atoms with Gasteiger partial charge in [0.25, 0.3) is 0 Å². The van der Waals surface area contributed by atoms with Gasteiger partial charge in [-0.3, -0.25) is 0 Å². The molecule has 4 heteroatoms. The lowest BCUT2D eigenvalue weighted by molar-refractivity contribution is 0.154. The lowest BCUT2D eigenvalue weighted by atomic mass is 10.3. The molecule has 1 amide bonds. The van der Waals surface area contributed by atoms with Crippen LogP contribution < -0.4 is 0 Å². The van der Waals surface area contributed by atoms with Gasteiger partial charge in [-0.25, -0.2) is 4.79 Å². The third-order valence-corrected chi connectivity index (χ3v) is 2.50. The fraction of sp³-hybridized carbons (Fsp3) is 0.667. The maximum Gasteiger partial charge on any atom is 0.396 e. The van der Waals surface area contributed by atoms with Crippen LogP contribution in [-0.4, -0.2) is 32.4 Å². The predicted molar refractivity (Wildman–Crippen MR) is 55.2 cm³/mol. The van der Waals surface area contributed by atoms with E-state index in [1.54, 1.807) is 4.90 Å². The molecule has 0 saturated carbocycles. The Labute approximate surface area is 80.5 Å². The van der Waals surface area contributed by atoms with Crippen molar-refractivity contribution in [3.63, 3.8) is 0 Å². The molecule has 13 heavy (non-hydrogen) atoms. The SMILES string of the molecule is C[Si](C)(C)OC(=O)N1CC=CCC1. The molecule has 0 atom stereocenters. The minimum absolute atomic E-state index is 0.150. The molecule has 0 radical (unpaired) electrons. The Hall–Kier alpha value is -0.773. The number of hydrogen-bond acceptors (Lipinski definition) is 2. The highest BCUT2D eigenvalue weighted by Gasteiger charge is 2.23. The molecule has 1 aliphatic rings. The normalized spacial score (nSPS) is 17.3. The summed E-state index contributed by atoms with van der Waals surface area (Å²) >= 11 is 0. The first-order valence-corrected chi connectivity index (χ1v) is 8.03. The maximum atomic E-state index is 11.5. The first kappa shape index (κ1) is 10.3. The highest BCUT2D eigenvalue weighted by atomic mass is 28.4. The molecule has 0 aromatic rings. The van der Waals surface area contributed by atoms with Crippen LogP contribution in [0.1, 0.15) is 6.42 Å². The second kappa shape index (κ2) is 3.96. The van der Waals surface area contributed by atoms with Gasteiger partial charge in [-0.1, -0.05) is 12.2 Å². The summed E-state index contributed by atoms with van der Waals surface area (Å²) in [5, 5.41) is 0. The Morgan fingerprint density at radius 1 is 1.38 bits per heavy atom. The second-order valence-corrected chi connectivity index (χ2v) is 8.62. The number of hydrogen-bond donors (Lipinski definition) is 0. The zero-order valence-electron chi connectivity index (χ0n) is 8.54. The molecule has 1 rings (SSSR count). The van der Waals surface area contributed by atoms with Crippen molar-refractivity contribution in [2.45, 2.75) is 26.1 Å². The molecule has 0 fully saturated rings. The van der Waals surface area contributed by atoms with Gasteiger partial charge in [0.15, 0.2) is 0 Å². The Balaban J connectivity index is 2.43. The van der Waals surface area contributed by atoms with Gasteiger partial charge in [0, 0.05) is 13.1 Å². The van der Waals surface area contributed by atoms with E-state index in [-0.39, 0.29) is 6.09 Å². The minimum atomic E-state index is -1.72. The summed E-state index contributed by atoms with van der Waals surface area (Å²) in [6.45, 7) is 7.54. The summed E-state index contributed by atoms with van der Waals surface area (Å²) in [5.41, 5.74) is 0. The topological polar surface area (TPSA) is 29.5 Å². The molecule has 0 aliphatic carbocycles. The van der Waals surface area contributed by atoms with Gasteiger partial charge < -0.3 is 9.33 Å². The van der Waals surface area contributed by atoms with Gasteiger partial charge in [0.1, 0.15) is 0 Å². The van der Waals surface area contributed by atoms with Crippen molar-refractivity contribution in [2.24, 2.45) is 0 Å². The molecule has 0 spiro atoms. The van der Waals surface area contributed by atoms with Crippen molar-refractivity contribution >= 4 is 14.4 Å². The van der Waals surface area contributed by atoms with E-state index in [2.05, 4.69) is 6.08 Å². The van der Waals surface area contributed by atoms with Crippen molar-refractivity contribution < 1.29 is 9.22 Å². The Morgan fingerprint density at radius 2 is 2.08 bits per heavy atom. The highest BCUT2D eigenvalue weighted by molar-refractivity contribution is 6.71. The van der Waals surface area contributed by atoms with E-state index < -0.39 is 8.32 Å². The summed E-state index contributed by atoms with van der Waals surface area (Å²) in [5.74, 6) is 0. The summed E-state index contributed by atoms with van der Waals surface area (Å²) in [7, 11) is -1.72. The third kappa shape index (κ3) is 3.63. The van der Waals surface area contributed by atoms with E-state index in [4.69, 9.17) is 4.43 Å². The van der Waals surface area contributed by atoms with Gasteiger partial charge in [0.2, 0.25) is 8.32 Å². The molecule has 0 unspecified atom stereocenters. The van der Waals surface area contributed by atoms with Gasteiger partial charge in [0.05, 0.1) is 0 Å². The lowest BCUT2D eigenvalue weighted by Gasteiger charge is -2.27. The van der Waals surface area contributed by atoms with E-state index >= 15 is 0 Å². The number of amides is 1. The molecule has 0 saturated heterocycles. The number of carbonyl (C=O) groups is 1. The molecular formula is C9H17NO2Si. The highest BCUT2D eigenvalue weighted by Crippen LogP contribution is 2.09.